The summed E-state index contributed by atoms with van der Waals surface area (Å²) in [5.74, 6) is 0. The summed E-state index contributed by atoms with van der Waals surface area (Å²) in [6.45, 7) is -1.51. The van der Waals surface area contributed by atoms with Gasteiger partial charge in [-0.15, -0.1) is 0 Å². The van der Waals surface area contributed by atoms with Crippen molar-refractivity contribution in [1.82, 2.24) is 0 Å². The molecule has 0 aromatic heterocycles. The molecule has 0 N–H and O–H groups in total. The van der Waals surface area contributed by atoms with Crippen LogP contribution < -0.4 is 0 Å². The second kappa shape index (κ2) is 50.1. The Morgan fingerprint density at radius 1 is 0.246 bits per heavy atom. The molecule has 0 unspecified atom stereocenters. The monoisotopic (exact) mass is 1040 g/mol. The van der Waals surface area contributed by atoms with Gasteiger partial charge in [0.25, 0.3) is 0 Å². The first-order chi connectivity index (χ1) is 33.8. The van der Waals surface area contributed by atoms with E-state index in [1.807, 2.05) is 13.8 Å². The lowest BCUT2D eigenvalue weighted by Gasteiger charge is -2.38. The zero-order valence-corrected chi connectivity index (χ0v) is 39.5. The van der Waals surface area contributed by atoms with Crippen molar-refractivity contribution in [3.8, 4) is 0 Å². The molecule has 0 aromatic carbocycles. The van der Waals surface area contributed by atoms with E-state index in [1.165, 1.54) is 0 Å². The van der Waals surface area contributed by atoms with E-state index in [2.05, 4.69) is 39.5 Å². The summed E-state index contributed by atoms with van der Waals surface area (Å²) in [6, 6.07) is 0. The van der Waals surface area contributed by atoms with Gasteiger partial charge in [-0.3, -0.25) is 0 Å². The van der Waals surface area contributed by atoms with Gasteiger partial charge in [0.05, 0.1) is 145 Å². The first kappa shape index (κ1) is 67.6. The summed E-state index contributed by atoms with van der Waals surface area (Å²) < 4.78 is 175. The molecule has 0 bridgehead atoms. The lowest BCUT2D eigenvalue weighted by Crippen LogP contribution is -2.45. The highest BCUT2D eigenvalue weighted by atomic mass is 19.3. The van der Waals surface area contributed by atoms with Crippen LogP contribution in [0.25, 0.3) is 0 Å². The predicted octanol–water partition coefficient (Wildman–Crippen LogP) is 4.68. The lowest BCUT2D eigenvalue weighted by molar-refractivity contribution is -0.180. The van der Waals surface area contributed by atoms with Crippen LogP contribution in [-0.2, 0) is 101 Å². The van der Waals surface area contributed by atoms with E-state index in [9.17, 15) is 36.2 Å². The molecule has 0 saturated heterocycles. The fourth-order valence-electron chi connectivity index (χ4n) is 5.54. The Bertz CT molecular complexity index is 865. The van der Waals surface area contributed by atoms with Gasteiger partial charge in [0.2, 0.25) is 0 Å². The molecule has 416 valence electrons. The first-order valence-corrected chi connectivity index (χ1v) is 22.3. The van der Waals surface area contributed by atoms with Crippen LogP contribution in [0, 0.1) is 10.8 Å². The predicted molar refractivity (Wildman–Crippen MR) is 218 cm³/mol. The average Bonchev–Trinajstić information content (AvgIpc) is 3.37. The standard InChI is InChI=1S/C40H74F8O21/c1-3-39(31-58-35(21-49-5-13-62-41)22-50-6-14-63-42,32-59-36(23-51-7-15-64-43)24-52-8-16-65-44)29-57-30-40(4-2,33-60-37(25-53-9-17-66-45)26-54-10-18-67-46)34-61-38(27-55-11-19-68-47)28-56-12-20-69-48/h35-38H,3-34H2,1-2H3. The molecule has 0 fully saturated rings. The average molecular weight is 1040 g/mol. The third-order valence-electron chi connectivity index (χ3n) is 9.69. The molecule has 0 atom stereocenters. The van der Waals surface area contributed by atoms with Crippen LogP contribution in [0.15, 0.2) is 0 Å². The molecule has 0 aliphatic heterocycles. The number of rotatable bonds is 58. The number of ether oxygens (including phenoxy) is 13. The molecule has 0 radical (unpaired) electrons. The molecule has 0 spiro atoms. The van der Waals surface area contributed by atoms with Crippen molar-refractivity contribution in [2.45, 2.75) is 51.1 Å². The minimum absolute atomic E-state index is 0.0743. The number of halogens is 8. The van der Waals surface area contributed by atoms with Crippen LogP contribution in [0.4, 0.5) is 36.2 Å². The van der Waals surface area contributed by atoms with Crippen molar-refractivity contribution in [2.75, 3.05) is 198 Å². The third kappa shape index (κ3) is 38.8. The molecular weight excluding hydrogens is 968 g/mol. The molecule has 69 heavy (non-hydrogen) atoms. The highest BCUT2D eigenvalue weighted by Gasteiger charge is 2.37. The molecular formula is C40H74F8O21. The molecule has 0 amide bonds. The maximum atomic E-state index is 12.4. The normalized spacial score (nSPS) is 12.6. The second-order valence-electron chi connectivity index (χ2n) is 15.0. The Hall–Kier alpha value is -1.40. The minimum atomic E-state index is -1.01. The molecule has 29 heteroatoms. The van der Waals surface area contributed by atoms with Gasteiger partial charge in [-0.25, -0.2) is 0 Å². The Morgan fingerprint density at radius 2 is 0.420 bits per heavy atom. The zero-order chi connectivity index (χ0) is 50.8. The molecule has 0 aromatic rings. The summed E-state index contributed by atoms with van der Waals surface area (Å²) >= 11 is 0. The molecule has 0 aliphatic carbocycles. The van der Waals surface area contributed by atoms with Gasteiger partial charge >= 0.3 is 0 Å². The molecule has 0 rings (SSSR count). The van der Waals surface area contributed by atoms with E-state index in [0.29, 0.717) is 12.8 Å². The van der Waals surface area contributed by atoms with E-state index < -0.39 is 35.2 Å². The van der Waals surface area contributed by atoms with Gasteiger partial charge in [-0.05, 0) is 49.1 Å². The van der Waals surface area contributed by atoms with Crippen molar-refractivity contribution in [3.63, 3.8) is 0 Å². The van der Waals surface area contributed by atoms with Crippen LogP contribution in [-0.4, -0.2) is 223 Å². The van der Waals surface area contributed by atoms with E-state index in [4.69, 9.17) is 61.6 Å². The van der Waals surface area contributed by atoms with Crippen molar-refractivity contribution >= 4 is 0 Å². The van der Waals surface area contributed by atoms with Crippen molar-refractivity contribution in [3.05, 3.63) is 0 Å². The zero-order valence-electron chi connectivity index (χ0n) is 39.5. The number of hydrogen-bond donors (Lipinski definition) is 0. The summed E-state index contributed by atoms with van der Waals surface area (Å²) in [7, 11) is 0. The van der Waals surface area contributed by atoms with E-state index in [-0.39, 0.29) is 198 Å². The largest absolute Gasteiger partial charge is 0.380 e. The molecule has 0 saturated carbocycles. The first-order valence-electron chi connectivity index (χ1n) is 22.3. The topological polar surface area (TPSA) is 194 Å². The van der Waals surface area contributed by atoms with Crippen molar-refractivity contribution in [2.24, 2.45) is 10.8 Å². The van der Waals surface area contributed by atoms with Crippen LogP contribution >= 0.6 is 0 Å². The summed E-state index contributed by atoms with van der Waals surface area (Å²) in [5, 5.41) is 0. The van der Waals surface area contributed by atoms with Crippen LogP contribution in [0.1, 0.15) is 26.7 Å². The Morgan fingerprint density at radius 3 is 0.565 bits per heavy atom. The van der Waals surface area contributed by atoms with Crippen LogP contribution in [0.5, 0.6) is 0 Å². The van der Waals surface area contributed by atoms with Gasteiger partial charge in [0, 0.05) is 10.8 Å². The van der Waals surface area contributed by atoms with Gasteiger partial charge < -0.3 is 61.6 Å². The molecule has 21 nitrogen and oxygen atoms in total. The van der Waals surface area contributed by atoms with Gasteiger partial charge in [-0.1, -0.05) is 13.8 Å². The van der Waals surface area contributed by atoms with E-state index in [0.717, 1.165) is 0 Å². The summed E-state index contributed by atoms with van der Waals surface area (Å²) in [4.78, 5) is 28.7. The van der Waals surface area contributed by atoms with Crippen molar-refractivity contribution < 1.29 is 137 Å². The van der Waals surface area contributed by atoms with Crippen molar-refractivity contribution in [1.29, 1.82) is 0 Å². The highest BCUT2D eigenvalue weighted by Crippen LogP contribution is 2.30. The van der Waals surface area contributed by atoms with Gasteiger partial charge in [0.1, 0.15) is 77.3 Å². The fraction of sp³-hybridized carbons (Fsp3) is 1.00. The lowest BCUT2D eigenvalue weighted by atomic mass is 9.86. The van der Waals surface area contributed by atoms with Crippen LogP contribution in [0.3, 0.4) is 0 Å². The maximum Gasteiger partial charge on any atom is 0.111 e. The SMILES string of the molecule is CCC(COCC(CC)(COC(COCCOF)COCCOF)COC(COCCOF)COCCOF)(COC(COCCOF)COCCOF)COC(COCCOF)COCCOF. The summed E-state index contributed by atoms with van der Waals surface area (Å²) in [5.41, 5.74) is -2.01. The number of hydrogen-bond acceptors (Lipinski definition) is 21. The molecule has 0 heterocycles. The van der Waals surface area contributed by atoms with E-state index >= 15 is 0 Å². The highest BCUT2D eigenvalue weighted by molar-refractivity contribution is 4.83. The Balaban J connectivity index is 6.84. The maximum absolute atomic E-state index is 12.4. The Labute approximate surface area is 397 Å². The van der Waals surface area contributed by atoms with E-state index in [1.54, 1.807) is 0 Å². The minimum Gasteiger partial charge on any atom is -0.380 e. The second-order valence-corrected chi connectivity index (χ2v) is 15.0. The molecule has 0 aliphatic rings. The van der Waals surface area contributed by atoms with Gasteiger partial charge in [-0.2, -0.15) is 39.5 Å². The Kier molecular flexibility index (Phi) is 49.1. The van der Waals surface area contributed by atoms with Crippen LogP contribution in [0.2, 0.25) is 0 Å². The summed E-state index contributed by atoms with van der Waals surface area (Å²) in [6.07, 6.45) is -2.50. The quantitative estimate of drug-likeness (QED) is 0.0602. The fourth-order valence-corrected chi connectivity index (χ4v) is 5.54. The van der Waals surface area contributed by atoms with Gasteiger partial charge in [0.15, 0.2) is 0 Å². The smallest absolute Gasteiger partial charge is 0.111 e. The third-order valence-corrected chi connectivity index (χ3v) is 9.69.